The number of hydrogen-bond acceptors (Lipinski definition) is 4. The van der Waals surface area contributed by atoms with Crippen molar-refractivity contribution in [2.75, 3.05) is 6.54 Å². The van der Waals surface area contributed by atoms with Crippen LogP contribution in [0.3, 0.4) is 0 Å². The molecule has 7 heteroatoms. The van der Waals surface area contributed by atoms with Crippen molar-refractivity contribution in [2.45, 2.75) is 75.6 Å². The standard InChI is InChI=1S/C16H27N3O3S/c1-12(2)18-10-16(17-11-18)23(21,22)19-9-5-7-14(19)13-6-3-4-8-15(13)20/h10-15,20H,3-9H2,1-2H3/t13-,14+,15+/m0/s1. The lowest BCUT2D eigenvalue weighted by Crippen LogP contribution is -2.45. The minimum atomic E-state index is -3.58. The van der Waals surface area contributed by atoms with Gasteiger partial charge < -0.3 is 9.67 Å². The smallest absolute Gasteiger partial charge is 0.262 e. The molecule has 0 radical (unpaired) electrons. The molecule has 2 aliphatic rings. The molecule has 1 aromatic rings. The van der Waals surface area contributed by atoms with Gasteiger partial charge in [0.15, 0.2) is 5.03 Å². The Morgan fingerprint density at radius 3 is 2.61 bits per heavy atom. The Bertz CT molecular complexity index is 641. The van der Waals surface area contributed by atoms with Gasteiger partial charge in [0.05, 0.1) is 12.4 Å². The van der Waals surface area contributed by atoms with Gasteiger partial charge in [-0.2, -0.15) is 4.31 Å². The fourth-order valence-electron chi connectivity index (χ4n) is 3.93. The van der Waals surface area contributed by atoms with E-state index in [9.17, 15) is 13.5 Å². The lowest BCUT2D eigenvalue weighted by molar-refractivity contribution is 0.0386. The molecule has 1 aliphatic heterocycles. The van der Waals surface area contributed by atoms with Crippen LogP contribution in [0.1, 0.15) is 58.4 Å². The lowest BCUT2D eigenvalue weighted by Gasteiger charge is -2.36. The highest BCUT2D eigenvalue weighted by atomic mass is 32.2. The van der Waals surface area contributed by atoms with Crippen molar-refractivity contribution in [3.05, 3.63) is 12.5 Å². The Kier molecular flexibility index (Phi) is 4.80. The van der Waals surface area contributed by atoms with Gasteiger partial charge in [0.2, 0.25) is 0 Å². The Morgan fingerprint density at radius 2 is 1.96 bits per heavy atom. The minimum absolute atomic E-state index is 0.0632. The third-order valence-corrected chi connectivity index (χ3v) is 7.08. The molecule has 1 N–H and O–H groups in total. The van der Waals surface area contributed by atoms with Crippen LogP contribution in [-0.4, -0.2) is 46.1 Å². The van der Waals surface area contributed by atoms with E-state index in [1.54, 1.807) is 16.8 Å². The quantitative estimate of drug-likeness (QED) is 0.911. The maximum Gasteiger partial charge on any atom is 0.262 e. The van der Waals surface area contributed by atoms with E-state index in [-0.39, 0.29) is 29.1 Å². The molecule has 1 aromatic heterocycles. The van der Waals surface area contributed by atoms with Crippen molar-refractivity contribution < 1.29 is 13.5 Å². The summed E-state index contributed by atoms with van der Waals surface area (Å²) in [5.74, 6) is 0.0632. The van der Waals surface area contributed by atoms with Crippen LogP contribution in [0, 0.1) is 5.92 Å². The molecule has 0 unspecified atom stereocenters. The number of nitrogens with zero attached hydrogens (tertiary/aromatic N) is 3. The van der Waals surface area contributed by atoms with Gasteiger partial charge in [-0.1, -0.05) is 12.8 Å². The summed E-state index contributed by atoms with van der Waals surface area (Å²) in [5.41, 5.74) is 0. The Balaban J connectivity index is 1.85. The molecule has 6 nitrogen and oxygen atoms in total. The van der Waals surface area contributed by atoms with Crippen LogP contribution in [0.4, 0.5) is 0 Å². The molecule has 130 valence electrons. The highest BCUT2D eigenvalue weighted by Crippen LogP contribution is 2.37. The second kappa shape index (κ2) is 6.53. The van der Waals surface area contributed by atoms with Gasteiger partial charge >= 0.3 is 0 Å². The lowest BCUT2D eigenvalue weighted by atomic mass is 9.81. The van der Waals surface area contributed by atoms with Crippen LogP contribution < -0.4 is 0 Å². The van der Waals surface area contributed by atoms with Crippen molar-refractivity contribution in [2.24, 2.45) is 5.92 Å². The van der Waals surface area contributed by atoms with E-state index in [0.717, 1.165) is 38.5 Å². The maximum absolute atomic E-state index is 13.0. The summed E-state index contributed by atoms with van der Waals surface area (Å²) in [6.45, 7) is 4.52. The van der Waals surface area contributed by atoms with Gasteiger partial charge in [-0.15, -0.1) is 0 Å². The number of hydrogen-bond donors (Lipinski definition) is 1. The monoisotopic (exact) mass is 341 g/mol. The number of aliphatic hydroxyl groups excluding tert-OH is 1. The summed E-state index contributed by atoms with van der Waals surface area (Å²) in [6.07, 6.45) is 8.34. The van der Waals surface area contributed by atoms with E-state index >= 15 is 0 Å². The second-order valence-electron chi connectivity index (χ2n) is 7.09. The molecule has 23 heavy (non-hydrogen) atoms. The van der Waals surface area contributed by atoms with E-state index in [4.69, 9.17) is 0 Å². The number of rotatable bonds is 4. The molecule has 0 aromatic carbocycles. The summed E-state index contributed by atoms with van der Waals surface area (Å²) >= 11 is 0. The molecule has 3 rings (SSSR count). The van der Waals surface area contributed by atoms with Crippen LogP contribution in [0.5, 0.6) is 0 Å². The molecule has 0 spiro atoms. The normalized spacial score (nSPS) is 30.2. The number of sulfonamides is 1. The van der Waals surface area contributed by atoms with Gasteiger partial charge in [0.25, 0.3) is 10.0 Å². The van der Waals surface area contributed by atoms with Gasteiger partial charge in [0.1, 0.15) is 0 Å². The molecular weight excluding hydrogens is 314 g/mol. The Hall–Kier alpha value is -0.920. The third kappa shape index (κ3) is 3.19. The van der Waals surface area contributed by atoms with E-state index in [1.807, 2.05) is 18.4 Å². The van der Waals surface area contributed by atoms with Crippen molar-refractivity contribution in [1.82, 2.24) is 13.9 Å². The van der Waals surface area contributed by atoms with Gasteiger partial charge in [0, 0.05) is 30.7 Å². The van der Waals surface area contributed by atoms with Crippen molar-refractivity contribution in [1.29, 1.82) is 0 Å². The average Bonchev–Trinajstić information content (AvgIpc) is 3.17. The Morgan fingerprint density at radius 1 is 1.22 bits per heavy atom. The Labute approximate surface area is 138 Å². The van der Waals surface area contributed by atoms with E-state index < -0.39 is 10.0 Å². The van der Waals surface area contributed by atoms with Crippen LogP contribution >= 0.6 is 0 Å². The fraction of sp³-hybridized carbons (Fsp3) is 0.812. The zero-order chi connectivity index (χ0) is 16.6. The molecule has 1 saturated carbocycles. The first kappa shape index (κ1) is 16.9. The summed E-state index contributed by atoms with van der Waals surface area (Å²) in [7, 11) is -3.58. The molecule has 2 fully saturated rings. The molecule has 1 saturated heterocycles. The topological polar surface area (TPSA) is 75.4 Å². The first-order valence-corrected chi connectivity index (χ1v) is 10.1. The molecule has 0 bridgehead atoms. The largest absolute Gasteiger partial charge is 0.393 e. The summed E-state index contributed by atoms with van der Waals surface area (Å²) < 4.78 is 29.4. The summed E-state index contributed by atoms with van der Waals surface area (Å²) in [5, 5.41) is 10.4. The van der Waals surface area contributed by atoms with Crippen LogP contribution in [0.25, 0.3) is 0 Å². The SMILES string of the molecule is CC(C)n1cnc(S(=O)(=O)N2CCC[C@@H]2[C@@H]2CCCC[C@H]2O)c1. The highest BCUT2D eigenvalue weighted by molar-refractivity contribution is 7.89. The van der Waals surface area contributed by atoms with Crippen LogP contribution in [-0.2, 0) is 10.0 Å². The van der Waals surface area contributed by atoms with Crippen molar-refractivity contribution in [3.63, 3.8) is 0 Å². The van der Waals surface area contributed by atoms with Crippen LogP contribution in [0.2, 0.25) is 0 Å². The first-order valence-electron chi connectivity index (χ1n) is 8.64. The van der Waals surface area contributed by atoms with Gasteiger partial charge in [-0.05, 0) is 39.5 Å². The first-order chi connectivity index (χ1) is 10.9. The minimum Gasteiger partial charge on any atom is -0.393 e. The average molecular weight is 341 g/mol. The molecule has 0 amide bonds. The molecule has 1 aliphatic carbocycles. The van der Waals surface area contributed by atoms with Crippen molar-refractivity contribution in [3.8, 4) is 0 Å². The van der Waals surface area contributed by atoms with E-state index in [0.29, 0.717) is 6.54 Å². The predicted octanol–water partition coefficient (Wildman–Crippen LogP) is 2.17. The zero-order valence-corrected chi connectivity index (χ0v) is 14.7. The van der Waals surface area contributed by atoms with Gasteiger partial charge in [-0.25, -0.2) is 13.4 Å². The second-order valence-corrected chi connectivity index (χ2v) is 8.93. The van der Waals surface area contributed by atoms with E-state index in [1.165, 1.54) is 0 Å². The molecule has 2 heterocycles. The number of aromatic nitrogens is 2. The number of imidazole rings is 1. The predicted molar refractivity (Wildman–Crippen MR) is 87.5 cm³/mol. The third-order valence-electron chi connectivity index (χ3n) is 5.27. The van der Waals surface area contributed by atoms with Gasteiger partial charge in [-0.3, -0.25) is 0 Å². The zero-order valence-electron chi connectivity index (χ0n) is 13.9. The summed E-state index contributed by atoms with van der Waals surface area (Å²) in [4.78, 5) is 4.12. The van der Waals surface area contributed by atoms with Crippen LogP contribution in [0.15, 0.2) is 17.6 Å². The summed E-state index contributed by atoms with van der Waals surface area (Å²) in [6, 6.07) is 0.0977. The number of aliphatic hydroxyl groups is 1. The fourth-order valence-corrected chi connectivity index (χ4v) is 5.60. The highest BCUT2D eigenvalue weighted by Gasteiger charge is 2.43. The van der Waals surface area contributed by atoms with E-state index in [2.05, 4.69) is 4.98 Å². The maximum atomic E-state index is 13.0. The molecule has 3 atom stereocenters. The molecular formula is C16H27N3O3S. The van der Waals surface area contributed by atoms with Crippen molar-refractivity contribution >= 4 is 10.0 Å².